The Morgan fingerprint density at radius 1 is 0.769 bits per heavy atom. The molecule has 0 saturated heterocycles. The van der Waals surface area contributed by atoms with E-state index in [2.05, 4.69) is 23.7 Å². The van der Waals surface area contributed by atoms with Gasteiger partial charge < -0.3 is 9.47 Å². The van der Waals surface area contributed by atoms with Gasteiger partial charge in [0.15, 0.2) is 0 Å². The van der Waals surface area contributed by atoms with Crippen molar-refractivity contribution in [1.29, 1.82) is 0 Å². The second-order valence-corrected chi connectivity index (χ2v) is 5.10. The summed E-state index contributed by atoms with van der Waals surface area (Å²) < 4.78 is 9.92. The van der Waals surface area contributed by atoms with Crippen LogP contribution in [0.1, 0.15) is 45.7 Å². The summed E-state index contributed by atoms with van der Waals surface area (Å²) in [5.41, 5.74) is 2.25. The first kappa shape index (κ1) is 18.8. The van der Waals surface area contributed by atoms with E-state index in [0.29, 0.717) is 35.5 Å². The smallest absolute Gasteiger partial charge is 0.338 e. The summed E-state index contributed by atoms with van der Waals surface area (Å²) in [7, 11) is 0. The van der Waals surface area contributed by atoms with E-state index in [1.165, 1.54) is 0 Å². The van der Waals surface area contributed by atoms with Crippen LogP contribution < -0.4 is 0 Å². The van der Waals surface area contributed by atoms with Crippen LogP contribution in [0.4, 0.5) is 0 Å². The maximum atomic E-state index is 11.7. The van der Waals surface area contributed by atoms with Crippen LogP contribution in [0.5, 0.6) is 0 Å². The topological polar surface area (TPSA) is 52.6 Å². The minimum Gasteiger partial charge on any atom is -0.462 e. The van der Waals surface area contributed by atoms with Gasteiger partial charge in [-0.1, -0.05) is 24.0 Å². The molecule has 2 aromatic carbocycles. The molecule has 2 rings (SSSR count). The SMILES string of the molecule is CCOC(=O)c1cccc(C#CC#Cc2cccc(C(=O)OCC)c2)c1. The van der Waals surface area contributed by atoms with Gasteiger partial charge in [-0.3, -0.25) is 0 Å². The van der Waals surface area contributed by atoms with E-state index in [4.69, 9.17) is 9.47 Å². The van der Waals surface area contributed by atoms with Crippen molar-refractivity contribution in [1.82, 2.24) is 0 Å². The Morgan fingerprint density at radius 3 is 1.58 bits per heavy atom. The molecule has 0 radical (unpaired) electrons. The van der Waals surface area contributed by atoms with Crippen LogP contribution in [0.25, 0.3) is 0 Å². The van der Waals surface area contributed by atoms with E-state index in [0.717, 1.165) is 0 Å². The zero-order valence-corrected chi connectivity index (χ0v) is 14.7. The zero-order chi connectivity index (χ0) is 18.8. The molecule has 0 fully saturated rings. The lowest BCUT2D eigenvalue weighted by Crippen LogP contribution is -2.04. The highest BCUT2D eigenvalue weighted by Crippen LogP contribution is 2.07. The van der Waals surface area contributed by atoms with Crippen LogP contribution in [0, 0.1) is 23.7 Å². The highest BCUT2D eigenvalue weighted by molar-refractivity contribution is 5.90. The van der Waals surface area contributed by atoms with E-state index in [9.17, 15) is 9.59 Å². The number of rotatable bonds is 4. The van der Waals surface area contributed by atoms with Crippen LogP contribution in [0.2, 0.25) is 0 Å². The minimum atomic E-state index is -0.377. The molecule has 0 saturated carbocycles. The molecule has 0 spiro atoms. The molecule has 4 heteroatoms. The number of carbonyl (C=O) groups excluding carboxylic acids is 2. The summed E-state index contributed by atoms with van der Waals surface area (Å²) in [6.45, 7) is 4.17. The molecule has 0 aliphatic carbocycles. The van der Waals surface area contributed by atoms with Crippen molar-refractivity contribution < 1.29 is 19.1 Å². The maximum absolute atomic E-state index is 11.7. The number of ether oxygens (including phenoxy) is 2. The van der Waals surface area contributed by atoms with Gasteiger partial charge in [0.1, 0.15) is 0 Å². The van der Waals surface area contributed by atoms with Crippen LogP contribution in [0.3, 0.4) is 0 Å². The van der Waals surface area contributed by atoms with E-state index >= 15 is 0 Å². The third-order valence-electron chi connectivity index (χ3n) is 3.22. The van der Waals surface area contributed by atoms with Gasteiger partial charge in [0.2, 0.25) is 0 Å². The highest BCUT2D eigenvalue weighted by atomic mass is 16.5. The van der Waals surface area contributed by atoms with Crippen LogP contribution in [-0.4, -0.2) is 25.2 Å². The normalized spacial score (nSPS) is 9.15. The Bertz CT molecular complexity index is 843. The second-order valence-electron chi connectivity index (χ2n) is 5.10. The molecule has 2 aromatic rings. The fourth-order valence-corrected chi connectivity index (χ4v) is 2.08. The number of hydrogen-bond donors (Lipinski definition) is 0. The van der Waals surface area contributed by atoms with Gasteiger partial charge in [-0.2, -0.15) is 0 Å². The lowest BCUT2D eigenvalue weighted by atomic mass is 10.1. The van der Waals surface area contributed by atoms with Crippen molar-refractivity contribution in [3.63, 3.8) is 0 Å². The van der Waals surface area contributed by atoms with Crippen molar-refractivity contribution in [2.45, 2.75) is 13.8 Å². The van der Waals surface area contributed by atoms with Crippen molar-refractivity contribution in [3.8, 4) is 23.7 Å². The van der Waals surface area contributed by atoms with Crippen LogP contribution >= 0.6 is 0 Å². The molecule has 0 amide bonds. The Kier molecular flexibility index (Phi) is 7.04. The fourth-order valence-electron chi connectivity index (χ4n) is 2.08. The number of hydrogen-bond acceptors (Lipinski definition) is 4. The molecule has 0 aliphatic rings. The second kappa shape index (κ2) is 9.71. The first-order chi connectivity index (χ1) is 12.6. The Morgan fingerprint density at radius 2 is 1.19 bits per heavy atom. The lowest BCUT2D eigenvalue weighted by Gasteiger charge is -2.01. The van der Waals surface area contributed by atoms with Crippen LogP contribution in [0.15, 0.2) is 48.5 Å². The Hall–Kier alpha value is -3.50. The van der Waals surface area contributed by atoms with Crippen molar-refractivity contribution in [3.05, 3.63) is 70.8 Å². The van der Waals surface area contributed by atoms with Gasteiger partial charge >= 0.3 is 11.9 Å². The zero-order valence-electron chi connectivity index (χ0n) is 14.7. The van der Waals surface area contributed by atoms with Crippen molar-refractivity contribution in [2.75, 3.05) is 13.2 Å². The average molecular weight is 346 g/mol. The molecule has 0 atom stereocenters. The third-order valence-corrected chi connectivity index (χ3v) is 3.22. The average Bonchev–Trinajstić information content (AvgIpc) is 2.66. The van der Waals surface area contributed by atoms with Crippen molar-refractivity contribution >= 4 is 11.9 Å². The quantitative estimate of drug-likeness (QED) is 0.629. The van der Waals surface area contributed by atoms with Crippen molar-refractivity contribution in [2.24, 2.45) is 0 Å². The molecule has 130 valence electrons. The largest absolute Gasteiger partial charge is 0.462 e. The molecular formula is C22H18O4. The van der Waals surface area contributed by atoms with Gasteiger partial charge in [-0.15, -0.1) is 0 Å². The predicted molar refractivity (Wildman–Crippen MR) is 98.6 cm³/mol. The highest BCUT2D eigenvalue weighted by Gasteiger charge is 2.06. The third kappa shape index (κ3) is 5.54. The predicted octanol–water partition coefficient (Wildman–Crippen LogP) is 3.44. The van der Waals surface area contributed by atoms with E-state index in [1.807, 2.05) is 0 Å². The molecule has 0 heterocycles. The first-order valence-electron chi connectivity index (χ1n) is 8.20. The minimum absolute atomic E-state index is 0.324. The number of benzene rings is 2. The van der Waals surface area contributed by atoms with Gasteiger partial charge in [0.25, 0.3) is 0 Å². The molecule has 0 N–H and O–H groups in total. The summed E-state index contributed by atoms with van der Waals surface area (Å²) >= 11 is 0. The summed E-state index contributed by atoms with van der Waals surface area (Å²) in [5.74, 6) is 10.5. The van der Waals surface area contributed by atoms with Gasteiger partial charge in [0, 0.05) is 11.1 Å². The molecule has 26 heavy (non-hydrogen) atoms. The molecular weight excluding hydrogens is 328 g/mol. The lowest BCUT2D eigenvalue weighted by molar-refractivity contribution is 0.0516. The van der Waals surface area contributed by atoms with Crippen LogP contribution in [-0.2, 0) is 9.47 Å². The standard InChI is InChI=1S/C22H18O4/c1-3-25-21(23)19-13-7-11-17(15-19)9-5-6-10-18-12-8-14-20(16-18)22(24)26-4-2/h7-8,11-16H,3-4H2,1-2H3. The Labute approximate surface area is 153 Å². The van der Waals surface area contributed by atoms with E-state index in [-0.39, 0.29) is 11.9 Å². The molecule has 0 bridgehead atoms. The Balaban J connectivity index is 2.12. The summed E-state index contributed by atoms with van der Waals surface area (Å²) in [4.78, 5) is 23.4. The molecule has 0 aliphatic heterocycles. The number of carbonyl (C=O) groups is 2. The summed E-state index contributed by atoms with van der Waals surface area (Å²) in [6.07, 6.45) is 0. The fraction of sp³-hybridized carbons (Fsp3) is 0.182. The molecule has 0 aromatic heterocycles. The van der Waals surface area contributed by atoms with Gasteiger partial charge in [0.05, 0.1) is 24.3 Å². The van der Waals surface area contributed by atoms with Gasteiger partial charge in [-0.05, 0) is 62.1 Å². The first-order valence-corrected chi connectivity index (χ1v) is 8.20. The van der Waals surface area contributed by atoms with E-state index < -0.39 is 0 Å². The van der Waals surface area contributed by atoms with Gasteiger partial charge in [-0.25, -0.2) is 9.59 Å². The summed E-state index contributed by atoms with van der Waals surface area (Å²) in [5, 5.41) is 0. The number of esters is 2. The monoisotopic (exact) mass is 346 g/mol. The van der Waals surface area contributed by atoms with E-state index in [1.54, 1.807) is 62.4 Å². The maximum Gasteiger partial charge on any atom is 0.338 e. The summed E-state index contributed by atoms with van der Waals surface area (Å²) in [6, 6.07) is 13.7. The molecule has 0 unspecified atom stereocenters. The molecule has 4 nitrogen and oxygen atoms in total.